The second-order valence-corrected chi connectivity index (χ2v) is 9.71. The van der Waals surface area contributed by atoms with Crippen LogP contribution in [0.25, 0.3) is 11.4 Å². The van der Waals surface area contributed by atoms with Gasteiger partial charge in [-0.2, -0.15) is 5.10 Å². The molecule has 0 unspecified atom stereocenters. The van der Waals surface area contributed by atoms with Gasteiger partial charge in [0.15, 0.2) is 15.7 Å². The number of nitrogens with one attached hydrogen (secondary N) is 1. The lowest BCUT2D eigenvalue weighted by atomic mass is 10.1. The van der Waals surface area contributed by atoms with E-state index in [1.807, 2.05) is 42.5 Å². The van der Waals surface area contributed by atoms with Crippen LogP contribution >= 0.6 is 0 Å². The van der Waals surface area contributed by atoms with Crippen LogP contribution in [0.2, 0.25) is 0 Å². The smallest absolute Gasteiger partial charge is 0.255 e. The van der Waals surface area contributed by atoms with E-state index < -0.39 is 9.84 Å². The van der Waals surface area contributed by atoms with Crippen molar-refractivity contribution in [3.05, 3.63) is 66.0 Å². The van der Waals surface area contributed by atoms with Crippen LogP contribution in [0.15, 0.2) is 54.9 Å². The summed E-state index contributed by atoms with van der Waals surface area (Å²) in [5.41, 5.74) is 3.02. The summed E-state index contributed by atoms with van der Waals surface area (Å²) in [7, 11) is -1.10. The van der Waals surface area contributed by atoms with E-state index in [-0.39, 0.29) is 17.4 Å². The Balaban J connectivity index is 1.43. The van der Waals surface area contributed by atoms with Gasteiger partial charge in [0.05, 0.1) is 11.5 Å². The quantitative estimate of drug-likeness (QED) is 0.671. The largest absolute Gasteiger partial charge is 0.322 e. The highest BCUT2D eigenvalue weighted by atomic mass is 32.2. The molecule has 1 N–H and O–H groups in total. The zero-order valence-electron chi connectivity index (χ0n) is 16.7. The topological polar surface area (TPSA) is 97.2 Å². The van der Waals surface area contributed by atoms with Gasteiger partial charge in [-0.3, -0.25) is 14.4 Å². The summed E-state index contributed by atoms with van der Waals surface area (Å²) in [6.45, 7) is 1.66. The third-order valence-corrected chi connectivity index (χ3v) is 6.62. The Morgan fingerprint density at radius 1 is 1.10 bits per heavy atom. The van der Waals surface area contributed by atoms with E-state index in [1.165, 1.54) is 0 Å². The Bertz CT molecular complexity index is 1160. The van der Waals surface area contributed by atoms with E-state index in [9.17, 15) is 13.2 Å². The van der Waals surface area contributed by atoms with Crippen LogP contribution in [-0.2, 0) is 23.4 Å². The van der Waals surface area contributed by atoms with Gasteiger partial charge in [0.2, 0.25) is 0 Å². The lowest BCUT2D eigenvalue weighted by Crippen LogP contribution is -2.39. The molecule has 0 radical (unpaired) electrons. The molecule has 1 amide bonds. The highest BCUT2D eigenvalue weighted by Gasteiger charge is 2.21. The minimum Gasteiger partial charge on any atom is -0.322 e. The molecule has 2 aromatic carbocycles. The van der Waals surface area contributed by atoms with Gasteiger partial charge in [0, 0.05) is 43.5 Å². The fraction of sp³-hybridized carbons (Fsp3) is 0.286. The molecule has 30 heavy (non-hydrogen) atoms. The minimum absolute atomic E-state index is 0.189. The van der Waals surface area contributed by atoms with Crippen LogP contribution in [-0.4, -0.2) is 58.6 Å². The molecule has 0 spiro atoms. The summed E-state index contributed by atoms with van der Waals surface area (Å²) in [4.78, 5) is 19.1. The number of anilines is 1. The fourth-order valence-corrected chi connectivity index (χ4v) is 4.67. The van der Waals surface area contributed by atoms with Crippen molar-refractivity contribution >= 4 is 21.4 Å². The molecule has 8 nitrogen and oxygen atoms in total. The van der Waals surface area contributed by atoms with Gasteiger partial charge in [-0.15, -0.1) is 0 Å². The molecule has 1 aliphatic heterocycles. The molecule has 1 fully saturated rings. The number of benzene rings is 2. The highest BCUT2D eigenvalue weighted by Crippen LogP contribution is 2.20. The first-order valence-electron chi connectivity index (χ1n) is 9.67. The van der Waals surface area contributed by atoms with E-state index in [2.05, 4.69) is 20.3 Å². The molecule has 4 rings (SSSR count). The third kappa shape index (κ3) is 4.92. The predicted octanol–water partition coefficient (Wildman–Crippen LogP) is 1.96. The van der Waals surface area contributed by atoms with Crippen molar-refractivity contribution in [2.75, 3.05) is 29.9 Å². The molecule has 0 bridgehead atoms. The normalized spacial score (nSPS) is 16.3. The summed E-state index contributed by atoms with van der Waals surface area (Å²) < 4.78 is 24.8. The summed E-state index contributed by atoms with van der Waals surface area (Å²) in [5.74, 6) is 0.770. The summed E-state index contributed by atoms with van der Waals surface area (Å²) >= 11 is 0. The van der Waals surface area contributed by atoms with Crippen molar-refractivity contribution in [3.8, 4) is 11.4 Å². The number of nitrogens with zero attached hydrogens (tertiary/aromatic N) is 4. The highest BCUT2D eigenvalue weighted by molar-refractivity contribution is 7.91. The van der Waals surface area contributed by atoms with Gasteiger partial charge in [-0.1, -0.05) is 24.3 Å². The molecule has 2 heterocycles. The summed E-state index contributed by atoms with van der Waals surface area (Å²) in [5, 5.41) is 7.21. The van der Waals surface area contributed by atoms with Gasteiger partial charge in [0.25, 0.3) is 5.91 Å². The number of carbonyl (C=O) groups is 1. The van der Waals surface area contributed by atoms with E-state index >= 15 is 0 Å². The number of rotatable bonds is 5. The molecule has 3 aromatic rings. The monoisotopic (exact) mass is 425 g/mol. The minimum atomic E-state index is -2.90. The third-order valence-electron chi connectivity index (χ3n) is 5.01. The standard InChI is InChI=1S/C21H23N5O3S/c1-25-15-22-20(24-25)17-5-3-7-19(13-17)23-21(27)18-6-2-4-16(12-18)14-26-8-10-30(28,29)11-9-26/h2-7,12-13,15H,8-11,14H2,1H3,(H,23,27). The molecule has 1 aliphatic rings. The van der Waals surface area contributed by atoms with Crippen molar-refractivity contribution in [1.29, 1.82) is 0 Å². The predicted molar refractivity (Wildman–Crippen MR) is 115 cm³/mol. The number of sulfone groups is 1. The SMILES string of the molecule is Cn1cnc(-c2cccc(NC(=O)c3cccc(CN4CCS(=O)(=O)CC4)c3)c2)n1. The maximum atomic E-state index is 12.8. The van der Waals surface area contributed by atoms with Gasteiger partial charge >= 0.3 is 0 Å². The van der Waals surface area contributed by atoms with Crippen LogP contribution in [0.4, 0.5) is 5.69 Å². The molecule has 0 atom stereocenters. The van der Waals surface area contributed by atoms with Gasteiger partial charge in [0.1, 0.15) is 6.33 Å². The van der Waals surface area contributed by atoms with Crippen molar-refractivity contribution in [2.24, 2.45) is 7.05 Å². The first-order valence-corrected chi connectivity index (χ1v) is 11.5. The number of hydrogen-bond donors (Lipinski definition) is 1. The van der Waals surface area contributed by atoms with Crippen LogP contribution in [0.1, 0.15) is 15.9 Å². The summed E-state index contributed by atoms with van der Waals surface area (Å²) in [6, 6.07) is 14.8. The molecule has 0 saturated carbocycles. The number of aromatic nitrogens is 3. The van der Waals surface area contributed by atoms with Crippen LogP contribution < -0.4 is 5.32 Å². The number of carbonyl (C=O) groups excluding carboxylic acids is 1. The maximum absolute atomic E-state index is 12.8. The number of hydrogen-bond acceptors (Lipinski definition) is 6. The van der Waals surface area contributed by atoms with Gasteiger partial charge < -0.3 is 5.32 Å². The lowest BCUT2D eigenvalue weighted by Gasteiger charge is -2.26. The van der Waals surface area contributed by atoms with Gasteiger partial charge in [-0.05, 0) is 29.8 Å². The van der Waals surface area contributed by atoms with Crippen LogP contribution in [0.3, 0.4) is 0 Å². The molecule has 0 aliphatic carbocycles. The summed E-state index contributed by atoms with van der Waals surface area (Å²) in [6.07, 6.45) is 1.63. The number of aryl methyl sites for hydroxylation is 1. The Hall–Kier alpha value is -3.04. The molecule has 156 valence electrons. The van der Waals surface area contributed by atoms with Crippen molar-refractivity contribution in [1.82, 2.24) is 19.7 Å². The molecule has 9 heteroatoms. The lowest BCUT2D eigenvalue weighted by molar-refractivity contribution is 0.102. The Morgan fingerprint density at radius 2 is 1.87 bits per heavy atom. The van der Waals surface area contributed by atoms with Crippen molar-refractivity contribution in [2.45, 2.75) is 6.54 Å². The van der Waals surface area contributed by atoms with Crippen LogP contribution in [0, 0.1) is 0 Å². The van der Waals surface area contributed by atoms with E-state index in [1.54, 1.807) is 24.1 Å². The average molecular weight is 426 g/mol. The van der Waals surface area contributed by atoms with E-state index in [0.29, 0.717) is 36.7 Å². The molecule has 1 saturated heterocycles. The fourth-order valence-electron chi connectivity index (χ4n) is 3.39. The zero-order chi connectivity index (χ0) is 21.1. The Labute approximate surface area is 175 Å². The second-order valence-electron chi connectivity index (χ2n) is 7.41. The molecule has 1 aromatic heterocycles. The van der Waals surface area contributed by atoms with Crippen molar-refractivity contribution in [3.63, 3.8) is 0 Å². The first-order chi connectivity index (χ1) is 14.4. The average Bonchev–Trinajstić information content (AvgIpc) is 3.16. The Morgan fingerprint density at radius 3 is 2.60 bits per heavy atom. The number of amides is 1. The molecular weight excluding hydrogens is 402 g/mol. The van der Waals surface area contributed by atoms with E-state index in [0.717, 1.165) is 11.1 Å². The second kappa shape index (κ2) is 8.37. The zero-order valence-corrected chi connectivity index (χ0v) is 17.5. The van der Waals surface area contributed by atoms with E-state index in [4.69, 9.17) is 0 Å². The van der Waals surface area contributed by atoms with Crippen LogP contribution in [0.5, 0.6) is 0 Å². The Kier molecular flexibility index (Phi) is 5.65. The van der Waals surface area contributed by atoms with Gasteiger partial charge in [-0.25, -0.2) is 13.4 Å². The molecular formula is C21H23N5O3S. The maximum Gasteiger partial charge on any atom is 0.255 e. The van der Waals surface area contributed by atoms with Crippen molar-refractivity contribution < 1.29 is 13.2 Å². The first kappa shape index (κ1) is 20.2.